The fourth-order valence-electron chi connectivity index (χ4n) is 1.58. The number of carbonyl (C=O) groups excluding carboxylic acids is 1. The maximum Gasteiger partial charge on any atom is 0.251 e. The van der Waals surface area contributed by atoms with Gasteiger partial charge in [0.2, 0.25) is 0 Å². The molecule has 0 spiro atoms. The number of hydrogen-bond donors (Lipinski definition) is 2. The first-order valence-corrected chi connectivity index (χ1v) is 6.10. The van der Waals surface area contributed by atoms with Crippen LogP contribution in [0.25, 0.3) is 0 Å². The molecule has 1 atom stereocenters. The summed E-state index contributed by atoms with van der Waals surface area (Å²) in [6, 6.07) is 3.85. The zero-order chi connectivity index (χ0) is 13.9. The Labute approximate surface area is 112 Å². The number of nitrogens with two attached hydrogens (primary N) is 1. The lowest BCUT2D eigenvalue weighted by Gasteiger charge is -2.21. The average Bonchev–Trinajstić information content (AvgIpc) is 2.28. The van der Waals surface area contributed by atoms with Crippen molar-refractivity contribution in [1.82, 2.24) is 5.32 Å². The summed E-state index contributed by atoms with van der Waals surface area (Å²) in [5.74, 6) is -0.529. The first-order valence-electron chi connectivity index (χ1n) is 5.69. The minimum Gasteiger partial charge on any atom is -0.392 e. The van der Waals surface area contributed by atoms with E-state index in [-0.39, 0.29) is 28.7 Å². The van der Waals surface area contributed by atoms with Crippen LogP contribution in [0.15, 0.2) is 18.2 Å². The molecule has 3 nitrogen and oxygen atoms in total. The molecule has 1 aromatic rings. The van der Waals surface area contributed by atoms with Crippen molar-refractivity contribution in [1.29, 1.82) is 0 Å². The molecule has 3 N–H and O–H groups in total. The zero-order valence-corrected chi connectivity index (χ0v) is 11.5. The van der Waals surface area contributed by atoms with Crippen LogP contribution >= 0.6 is 12.2 Å². The summed E-state index contributed by atoms with van der Waals surface area (Å²) in [5.41, 5.74) is 6.40. The molecule has 0 fully saturated rings. The smallest absolute Gasteiger partial charge is 0.251 e. The molecule has 1 amide bonds. The van der Waals surface area contributed by atoms with E-state index in [2.05, 4.69) is 5.32 Å². The number of aryl methyl sites for hydroxylation is 1. The van der Waals surface area contributed by atoms with Crippen LogP contribution in [0.1, 0.15) is 29.8 Å². The monoisotopic (exact) mass is 268 g/mol. The second-order valence-electron chi connectivity index (χ2n) is 4.56. The van der Waals surface area contributed by atoms with Crippen molar-refractivity contribution in [2.24, 2.45) is 11.7 Å². The van der Waals surface area contributed by atoms with E-state index in [0.717, 1.165) is 0 Å². The number of halogens is 1. The molecule has 0 saturated carbocycles. The number of amides is 1. The molecule has 5 heteroatoms. The van der Waals surface area contributed by atoms with Crippen molar-refractivity contribution in [3.63, 3.8) is 0 Å². The van der Waals surface area contributed by atoms with Gasteiger partial charge in [0.05, 0.1) is 11.0 Å². The Bertz CT molecular complexity index is 474. The summed E-state index contributed by atoms with van der Waals surface area (Å²) in [7, 11) is 0. The van der Waals surface area contributed by atoms with Crippen LogP contribution in [0.5, 0.6) is 0 Å². The fourth-order valence-corrected chi connectivity index (χ4v) is 1.91. The van der Waals surface area contributed by atoms with Crippen molar-refractivity contribution in [3.8, 4) is 0 Å². The maximum atomic E-state index is 13.1. The van der Waals surface area contributed by atoms with Gasteiger partial charge in [-0.05, 0) is 36.6 Å². The third-order valence-corrected chi connectivity index (χ3v) is 2.93. The maximum absolute atomic E-state index is 13.1. The zero-order valence-electron chi connectivity index (χ0n) is 10.7. The van der Waals surface area contributed by atoms with Crippen LogP contribution in [0.4, 0.5) is 4.39 Å². The number of hydrogen-bond acceptors (Lipinski definition) is 2. The molecule has 1 aromatic carbocycles. The summed E-state index contributed by atoms with van der Waals surface area (Å²) in [4.78, 5) is 12.2. The van der Waals surface area contributed by atoms with Crippen LogP contribution in [0.2, 0.25) is 0 Å². The van der Waals surface area contributed by atoms with Gasteiger partial charge in [0.25, 0.3) is 5.91 Å². The van der Waals surface area contributed by atoms with Gasteiger partial charge in [-0.25, -0.2) is 4.39 Å². The van der Waals surface area contributed by atoms with Crippen LogP contribution < -0.4 is 11.1 Å². The van der Waals surface area contributed by atoms with Gasteiger partial charge in [-0.1, -0.05) is 26.1 Å². The molecule has 98 valence electrons. The molecular weight excluding hydrogens is 251 g/mol. The van der Waals surface area contributed by atoms with E-state index in [0.29, 0.717) is 11.1 Å². The molecule has 0 aromatic heterocycles. The molecule has 0 heterocycles. The highest BCUT2D eigenvalue weighted by Crippen LogP contribution is 2.10. The molecule has 0 aliphatic rings. The predicted octanol–water partition coefficient (Wildman–Crippen LogP) is 2.17. The van der Waals surface area contributed by atoms with E-state index >= 15 is 0 Å². The molecule has 0 saturated heterocycles. The predicted molar refractivity (Wildman–Crippen MR) is 74.0 cm³/mol. The lowest BCUT2D eigenvalue weighted by molar-refractivity contribution is 0.0939. The quantitative estimate of drug-likeness (QED) is 0.823. The van der Waals surface area contributed by atoms with E-state index in [4.69, 9.17) is 18.0 Å². The topological polar surface area (TPSA) is 55.1 Å². The van der Waals surface area contributed by atoms with Gasteiger partial charge in [-0.3, -0.25) is 4.79 Å². The lowest BCUT2D eigenvalue weighted by Crippen LogP contribution is -2.46. The van der Waals surface area contributed by atoms with Gasteiger partial charge < -0.3 is 11.1 Å². The van der Waals surface area contributed by atoms with Crippen molar-refractivity contribution < 1.29 is 9.18 Å². The Balaban J connectivity index is 2.87. The van der Waals surface area contributed by atoms with Gasteiger partial charge in [-0.15, -0.1) is 0 Å². The minimum atomic E-state index is -0.363. The molecule has 0 aliphatic heterocycles. The Morgan fingerprint density at radius 2 is 2.06 bits per heavy atom. The molecule has 0 radical (unpaired) electrons. The average molecular weight is 268 g/mol. The minimum absolute atomic E-state index is 0.105. The van der Waals surface area contributed by atoms with E-state index in [1.807, 2.05) is 13.8 Å². The molecule has 1 rings (SSSR count). The fraction of sp³-hybridized carbons (Fsp3) is 0.385. The van der Waals surface area contributed by atoms with Crippen LogP contribution in [0, 0.1) is 18.7 Å². The van der Waals surface area contributed by atoms with Gasteiger partial charge in [0.1, 0.15) is 5.82 Å². The molecule has 1 unspecified atom stereocenters. The second-order valence-corrected chi connectivity index (χ2v) is 5.03. The van der Waals surface area contributed by atoms with Crippen LogP contribution in [-0.4, -0.2) is 16.9 Å². The van der Waals surface area contributed by atoms with Crippen LogP contribution in [0.3, 0.4) is 0 Å². The Kier molecular flexibility index (Phi) is 4.78. The van der Waals surface area contributed by atoms with Crippen molar-refractivity contribution in [3.05, 3.63) is 35.1 Å². The lowest BCUT2D eigenvalue weighted by atomic mass is 10.0. The number of thiocarbonyl (C=S) groups is 1. The molecule has 0 aliphatic carbocycles. The van der Waals surface area contributed by atoms with E-state index < -0.39 is 0 Å². The van der Waals surface area contributed by atoms with E-state index in [1.54, 1.807) is 6.92 Å². The summed E-state index contributed by atoms with van der Waals surface area (Å²) in [6.07, 6.45) is 0. The molecule has 18 heavy (non-hydrogen) atoms. The molecular formula is C13H17FN2OS. The Hall–Kier alpha value is -1.49. The highest BCUT2D eigenvalue weighted by atomic mass is 32.1. The first kappa shape index (κ1) is 14.6. The number of carbonyl (C=O) groups is 1. The number of rotatable bonds is 4. The summed E-state index contributed by atoms with van der Waals surface area (Å²) < 4.78 is 13.1. The first-order chi connectivity index (χ1) is 8.32. The van der Waals surface area contributed by atoms with Crippen LogP contribution in [-0.2, 0) is 0 Å². The van der Waals surface area contributed by atoms with Crippen molar-refractivity contribution in [2.75, 3.05) is 0 Å². The second kappa shape index (κ2) is 5.91. The highest BCUT2D eigenvalue weighted by Gasteiger charge is 2.19. The van der Waals surface area contributed by atoms with Crippen molar-refractivity contribution >= 4 is 23.1 Å². The van der Waals surface area contributed by atoms with Gasteiger partial charge in [-0.2, -0.15) is 0 Å². The van der Waals surface area contributed by atoms with E-state index in [1.165, 1.54) is 18.2 Å². The van der Waals surface area contributed by atoms with Crippen molar-refractivity contribution in [2.45, 2.75) is 26.8 Å². The normalized spacial score (nSPS) is 12.3. The summed E-state index contributed by atoms with van der Waals surface area (Å²) in [6.45, 7) is 5.44. The number of benzene rings is 1. The van der Waals surface area contributed by atoms with Gasteiger partial charge in [0, 0.05) is 5.56 Å². The highest BCUT2D eigenvalue weighted by molar-refractivity contribution is 7.80. The summed E-state index contributed by atoms with van der Waals surface area (Å²) >= 11 is 4.91. The molecule has 0 bridgehead atoms. The largest absolute Gasteiger partial charge is 0.392 e. The third-order valence-electron chi connectivity index (χ3n) is 2.68. The summed E-state index contributed by atoms with van der Waals surface area (Å²) in [5, 5.41) is 2.75. The van der Waals surface area contributed by atoms with Gasteiger partial charge >= 0.3 is 0 Å². The number of nitrogens with one attached hydrogen (secondary N) is 1. The van der Waals surface area contributed by atoms with Gasteiger partial charge in [0.15, 0.2) is 0 Å². The SMILES string of the molecule is Cc1cc(C(=O)NC(C(N)=S)C(C)C)ccc1F. The Morgan fingerprint density at radius 1 is 1.44 bits per heavy atom. The van der Waals surface area contributed by atoms with E-state index in [9.17, 15) is 9.18 Å². The standard InChI is InChI=1S/C13H17FN2OS/c1-7(2)11(12(15)18)16-13(17)9-4-5-10(14)8(3)6-9/h4-7,11H,1-3H3,(H2,15,18)(H,16,17). The Morgan fingerprint density at radius 3 is 2.50 bits per heavy atom. The third kappa shape index (κ3) is 3.50.